The van der Waals surface area contributed by atoms with E-state index in [0.717, 1.165) is 5.56 Å². The van der Waals surface area contributed by atoms with Crippen molar-refractivity contribution in [2.45, 2.75) is 45.3 Å². The smallest absolute Gasteiger partial charge is 0.408 e. The van der Waals surface area contributed by atoms with E-state index in [-0.39, 0.29) is 12.2 Å². The van der Waals surface area contributed by atoms with Gasteiger partial charge in [0.1, 0.15) is 17.4 Å². The molecule has 1 atom stereocenters. The standard InChI is InChI=1S/C15H21NO5/c1-15(2,3)21-14(20)16-12(13(18)19)9-6-10-4-7-11(17)8-5-10/h4-5,7-8,12,17H,6,9H2,1-3H3,(H,16,20)(H,18,19). The van der Waals surface area contributed by atoms with E-state index in [9.17, 15) is 14.7 Å². The van der Waals surface area contributed by atoms with Crippen LogP contribution in [0.4, 0.5) is 4.79 Å². The molecule has 3 N–H and O–H groups in total. The molecule has 1 aromatic rings. The van der Waals surface area contributed by atoms with Crippen LogP contribution in [-0.2, 0) is 16.0 Å². The highest BCUT2D eigenvalue weighted by molar-refractivity contribution is 5.80. The Morgan fingerprint density at radius 1 is 1.24 bits per heavy atom. The third kappa shape index (κ3) is 6.65. The Morgan fingerprint density at radius 3 is 2.29 bits per heavy atom. The lowest BCUT2D eigenvalue weighted by atomic mass is 10.1. The summed E-state index contributed by atoms with van der Waals surface area (Å²) in [5, 5.41) is 20.7. The first kappa shape index (κ1) is 16.8. The van der Waals surface area contributed by atoms with Gasteiger partial charge in [-0.05, 0) is 51.3 Å². The highest BCUT2D eigenvalue weighted by Crippen LogP contribution is 2.12. The number of phenolic OH excluding ortho intramolecular Hbond substituents is 1. The molecule has 116 valence electrons. The van der Waals surface area contributed by atoms with Crippen molar-refractivity contribution in [2.24, 2.45) is 0 Å². The summed E-state index contributed by atoms with van der Waals surface area (Å²) in [7, 11) is 0. The minimum absolute atomic E-state index is 0.153. The minimum atomic E-state index is -1.11. The van der Waals surface area contributed by atoms with Gasteiger partial charge in [-0.25, -0.2) is 9.59 Å². The van der Waals surface area contributed by atoms with Crippen molar-refractivity contribution in [3.8, 4) is 5.75 Å². The SMILES string of the molecule is CC(C)(C)OC(=O)NC(CCc1ccc(O)cc1)C(=O)O. The molecule has 0 aromatic heterocycles. The van der Waals surface area contributed by atoms with Crippen molar-refractivity contribution in [1.82, 2.24) is 5.32 Å². The molecule has 0 aliphatic carbocycles. The van der Waals surface area contributed by atoms with Crippen LogP contribution in [0.1, 0.15) is 32.8 Å². The van der Waals surface area contributed by atoms with Gasteiger partial charge in [-0.1, -0.05) is 12.1 Å². The number of carbonyl (C=O) groups excluding carboxylic acids is 1. The number of amides is 1. The fourth-order valence-corrected chi connectivity index (χ4v) is 1.68. The Balaban J connectivity index is 2.56. The van der Waals surface area contributed by atoms with Crippen LogP contribution in [0, 0.1) is 0 Å². The highest BCUT2D eigenvalue weighted by atomic mass is 16.6. The molecule has 0 heterocycles. The van der Waals surface area contributed by atoms with Crippen LogP contribution in [0.2, 0.25) is 0 Å². The molecule has 1 aromatic carbocycles. The molecule has 6 nitrogen and oxygen atoms in total. The Hall–Kier alpha value is -2.24. The fraction of sp³-hybridized carbons (Fsp3) is 0.467. The van der Waals surface area contributed by atoms with Gasteiger partial charge in [0.25, 0.3) is 0 Å². The second kappa shape index (κ2) is 6.97. The van der Waals surface area contributed by atoms with Gasteiger partial charge in [-0.3, -0.25) is 0 Å². The van der Waals surface area contributed by atoms with Gasteiger partial charge >= 0.3 is 12.1 Å². The number of hydrogen-bond donors (Lipinski definition) is 3. The predicted molar refractivity (Wildman–Crippen MR) is 77.2 cm³/mol. The van der Waals surface area contributed by atoms with Crippen LogP contribution >= 0.6 is 0 Å². The number of carboxylic acids is 1. The van der Waals surface area contributed by atoms with Crippen molar-refractivity contribution >= 4 is 12.1 Å². The van der Waals surface area contributed by atoms with E-state index >= 15 is 0 Å². The molecule has 1 unspecified atom stereocenters. The zero-order chi connectivity index (χ0) is 16.0. The minimum Gasteiger partial charge on any atom is -0.508 e. The highest BCUT2D eigenvalue weighted by Gasteiger charge is 2.23. The molecule has 0 saturated heterocycles. The number of aromatic hydroxyl groups is 1. The summed E-state index contributed by atoms with van der Waals surface area (Å²) in [5.41, 5.74) is 0.203. The first-order valence-electron chi connectivity index (χ1n) is 6.67. The molecule has 0 spiro atoms. The fourth-order valence-electron chi connectivity index (χ4n) is 1.68. The van der Waals surface area contributed by atoms with E-state index in [1.165, 1.54) is 12.1 Å². The number of carboxylic acid groups (broad SMARTS) is 1. The van der Waals surface area contributed by atoms with Gasteiger partial charge in [0.05, 0.1) is 0 Å². The third-order valence-electron chi connectivity index (χ3n) is 2.65. The molecule has 0 bridgehead atoms. The van der Waals surface area contributed by atoms with E-state index in [1.54, 1.807) is 32.9 Å². The van der Waals surface area contributed by atoms with Gasteiger partial charge in [-0.15, -0.1) is 0 Å². The van der Waals surface area contributed by atoms with E-state index in [0.29, 0.717) is 6.42 Å². The predicted octanol–water partition coefficient (Wildman–Crippen LogP) is 2.30. The molecule has 0 aliphatic rings. The lowest BCUT2D eigenvalue weighted by molar-refractivity contribution is -0.139. The van der Waals surface area contributed by atoms with Gasteiger partial charge < -0.3 is 20.3 Å². The number of hydrogen-bond acceptors (Lipinski definition) is 4. The topological polar surface area (TPSA) is 95.9 Å². The molecule has 6 heteroatoms. The average Bonchev–Trinajstić information content (AvgIpc) is 2.33. The number of benzene rings is 1. The molecule has 1 rings (SSSR count). The molecule has 0 radical (unpaired) electrons. The summed E-state index contributed by atoms with van der Waals surface area (Å²) in [5.74, 6) is -0.958. The van der Waals surface area contributed by atoms with Crippen molar-refractivity contribution in [3.05, 3.63) is 29.8 Å². The number of aryl methyl sites for hydroxylation is 1. The molecule has 0 fully saturated rings. The summed E-state index contributed by atoms with van der Waals surface area (Å²) >= 11 is 0. The Labute approximate surface area is 123 Å². The molecule has 0 saturated carbocycles. The monoisotopic (exact) mass is 295 g/mol. The molecule has 1 amide bonds. The van der Waals surface area contributed by atoms with Gasteiger partial charge in [-0.2, -0.15) is 0 Å². The number of phenols is 1. The zero-order valence-corrected chi connectivity index (χ0v) is 12.4. The van der Waals surface area contributed by atoms with Crippen molar-refractivity contribution in [1.29, 1.82) is 0 Å². The van der Waals surface area contributed by atoms with Crippen molar-refractivity contribution < 1.29 is 24.5 Å². The van der Waals surface area contributed by atoms with Crippen LogP contribution < -0.4 is 5.32 Å². The van der Waals surface area contributed by atoms with Crippen LogP contribution in [0.3, 0.4) is 0 Å². The number of alkyl carbamates (subject to hydrolysis) is 1. The summed E-state index contributed by atoms with van der Waals surface area (Å²) in [6.07, 6.45) is -0.0486. The normalized spacial score (nSPS) is 12.5. The van der Waals surface area contributed by atoms with Crippen molar-refractivity contribution in [2.75, 3.05) is 0 Å². The lowest BCUT2D eigenvalue weighted by Crippen LogP contribution is -2.43. The summed E-state index contributed by atoms with van der Waals surface area (Å²) in [6, 6.07) is 5.47. The van der Waals surface area contributed by atoms with Crippen LogP contribution in [0.5, 0.6) is 5.75 Å². The van der Waals surface area contributed by atoms with Crippen LogP contribution in [0.15, 0.2) is 24.3 Å². The molecule has 0 aliphatic heterocycles. The number of nitrogens with one attached hydrogen (secondary N) is 1. The van der Waals surface area contributed by atoms with Gasteiger partial charge in [0.2, 0.25) is 0 Å². The molecular weight excluding hydrogens is 274 g/mol. The number of carbonyl (C=O) groups is 2. The van der Waals surface area contributed by atoms with E-state index in [2.05, 4.69) is 5.32 Å². The third-order valence-corrected chi connectivity index (χ3v) is 2.65. The molecule has 21 heavy (non-hydrogen) atoms. The maximum atomic E-state index is 11.6. The average molecular weight is 295 g/mol. The first-order chi connectivity index (χ1) is 9.67. The van der Waals surface area contributed by atoms with Crippen molar-refractivity contribution in [3.63, 3.8) is 0 Å². The largest absolute Gasteiger partial charge is 0.508 e. The number of ether oxygens (including phenoxy) is 1. The Morgan fingerprint density at radius 2 is 1.81 bits per heavy atom. The Bertz CT molecular complexity index is 490. The molecular formula is C15H21NO5. The summed E-state index contributed by atoms with van der Waals surface area (Å²) in [4.78, 5) is 22.8. The van der Waals surface area contributed by atoms with Crippen LogP contribution in [0.25, 0.3) is 0 Å². The summed E-state index contributed by atoms with van der Waals surface area (Å²) < 4.78 is 5.04. The number of aliphatic carboxylic acids is 1. The maximum absolute atomic E-state index is 11.6. The van der Waals surface area contributed by atoms with E-state index in [4.69, 9.17) is 9.84 Å². The van der Waals surface area contributed by atoms with Gasteiger partial charge in [0.15, 0.2) is 0 Å². The first-order valence-corrected chi connectivity index (χ1v) is 6.67. The quantitative estimate of drug-likeness (QED) is 0.774. The maximum Gasteiger partial charge on any atom is 0.408 e. The second-order valence-electron chi connectivity index (χ2n) is 5.74. The van der Waals surface area contributed by atoms with E-state index < -0.39 is 23.7 Å². The number of rotatable bonds is 5. The van der Waals surface area contributed by atoms with Gasteiger partial charge in [0, 0.05) is 0 Å². The lowest BCUT2D eigenvalue weighted by Gasteiger charge is -2.22. The summed E-state index contributed by atoms with van der Waals surface area (Å²) in [6.45, 7) is 5.12. The second-order valence-corrected chi connectivity index (χ2v) is 5.74. The van der Waals surface area contributed by atoms with Crippen LogP contribution in [-0.4, -0.2) is 33.9 Å². The zero-order valence-electron chi connectivity index (χ0n) is 12.4. The Kier molecular flexibility index (Phi) is 5.58. The van der Waals surface area contributed by atoms with E-state index in [1.807, 2.05) is 0 Å².